The van der Waals surface area contributed by atoms with E-state index in [2.05, 4.69) is 32.9 Å². The Kier molecular flexibility index (Phi) is 3.48. The number of aryl methyl sites for hydroxylation is 1. The van der Waals surface area contributed by atoms with Crippen LogP contribution in [0.2, 0.25) is 0 Å². The molecule has 0 aliphatic carbocycles. The molecule has 0 atom stereocenters. The summed E-state index contributed by atoms with van der Waals surface area (Å²) in [6, 6.07) is 6.01. The molecule has 2 aromatic rings. The monoisotopic (exact) mass is 247 g/mol. The van der Waals surface area contributed by atoms with Crippen LogP contribution in [0, 0.1) is 6.92 Å². The molecule has 0 amide bonds. The van der Waals surface area contributed by atoms with E-state index >= 15 is 0 Å². The quantitative estimate of drug-likeness (QED) is 0.802. The summed E-state index contributed by atoms with van der Waals surface area (Å²) in [5.74, 6) is 0. The summed E-state index contributed by atoms with van der Waals surface area (Å²) in [7, 11) is 0. The maximum atomic E-state index is 12.2. The molecular formula is C14H17NOS. The molecule has 0 saturated heterocycles. The van der Waals surface area contributed by atoms with E-state index in [0.29, 0.717) is 0 Å². The van der Waals surface area contributed by atoms with Crippen molar-refractivity contribution < 1.29 is 0 Å². The van der Waals surface area contributed by atoms with E-state index in [0.717, 1.165) is 28.6 Å². The smallest absolute Gasteiger partial charge is 0.267 e. The number of aromatic nitrogens is 1. The normalized spacial score (nSPS) is 12.3. The Hall–Kier alpha value is -1.35. The predicted octanol–water partition coefficient (Wildman–Crippen LogP) is 4.03. The molecule has 0 fully saturated rings. The van der Waals surface area contributed by atoms with Crippen LogP contribution in [0.4, 0.5) is 0 Å². The number of nitrogens with zero attached hydrogens (tertiary/aromatic N) is 1. The first-order chi connectivity index (χ1) is 8.17. The molecule has 0 N–H and O–H groups in total. The van der Waals surface area contributed by atoms with Gasteiger partial charge in [-0.15, -0.1) is 0 Å². The Morgan fingerprint density at radius 2 is 2.18 bits per heavy atom. The molecule has 1 aromatic carbocycles. The van der Waals surface area contributed by atoms with Crippen LogP contribution in [0.25, 0.3) is 15.8 Å². The van der Waals surface area contributed by atoms with Gasteiger partial charge >= 0.3 is 0 Å². The fourth-order valence-electron chi connectivity index (χ4n) is 1.93. The van der Waals surface area contributed by atoms with Crippen molar-refractivity contribution in [3.05, 3.63) is 40.2 Å². The molecule has 0 radical (unpaired) electrons. The minimum atomic E-state index is 0.117. The lowest BCUT2D eigenvalue weighted by atomic mass is 10.2. The molecule has 0 spiro atoms. The molecule has 1 heterocycles. The number of hydrogen-bond donors (Lipinski definition) is 0. The summed E-state index contributed by atoms with van der Waals surface area (Å²) in [6.45, 7) is 6.23. The molecular weight excluding hydrogens is 230 g/mol. The number of rotatable bonds is 3. The summed E-state index contributed by atoms with van der Waals surface area (Å²) in [5.41, 5.74) is 2.42. The first kappa shape index (κ1) is 12.1. The van der Waals surface area contributed by atoms with Crippen LogP contribution < -0.4 is 5.56 Å². The van der Waals surface area contributed by atoms with E-state index in [1.165, 1.54) is 5.56 Å². The number of benzene rings is 1. The van der Waals surface area contributed by atoms with Crippen molar-refractivity contribution in [2.75, 3.05) is 0 Å². The number of allylic oxidation sites excluding steroid dienone is 2. The van der Waals surface area contributed by atoms with Gasteiger partial charge in [0.1, 0.15) is 0 Å². The zero-order valence-corrected chi connectivity index (χ0v) is 11.3. The SMILES string of the molecule is CC/C=C(\CC)n1sc2cc(C)ccc2c1=O. The van der Waals surface area contributed by atoms with Gasteiger partial charge in [-0.25, -0.2) is 3.96 Å². The Morgan fingerprint density at radius 3 is 2.82 bits per heavy atom. The molecule has 1 aromatic heterocycles. The van der Waals surface area contributed by atoms with Gasteiger partial charge in [0.2, 0.25) is 0 Å². The molecule has 90 valence electrons. The van der Waals surface area contributed by atoms with Crippen LogP contribution >= 0.6 is 11.5 Å². The summed E-state index contributed by atoms with van der Waals surface area (Å²) >= 11 is 1.55. The third-order valence-electron chi connectivity index (χ3n) is 2.80. The van der Waals surface area contributed by atoms with Gasteiger partial charge < -0.3 is 0 Å². The predicted molar refractivity (Wildman–Crippen MR) is 75.7 cm³/mol. The van der Waals surface area contributed by atoms with Crippen molar-refractivity contribution in [2.24, 2.45) is 0 Å². The third kappa shape index (κ3) is 2.20. The molecule has 0 aliphatic rings. The molecule has 0 aliphatic heterocycles. The van der Waals surface area contributed by atoms with Crippen LogP contribution in [-0.2, 0) is 0 Å². The van der Waals surface area contributed by atoms with Crippen molar-refractivity contribution in [3.63, 3.8) is 0 Å². The zero-order chi connectivity index (χ0) is 12.4. The van der Waals surface area contributed by atoms with E-state index in [9.17, 15) is 4.79 Å². The maximum Gasteiger partial charge on any atom is 0.272 e. The molecule has 0 saturated carbocycles. The largest absolute Gasteiger partial charge is 0.272 e. The molecule has 0 unspecified atom stereocenters. The van der Waals surface area contributed by atoms with Crippen LogP contribution in [0.5, 0.6) is 0 Å². The van der Waals surface area contributed by atoms with Crippen molar-refractivity contribution in [1.82, 2.24) is 3.96 Å². The van der Waals surface area contributed by atoms with Gasteiger partial charge in [0.05, 0.1) is 10.1 Å². The minimum absolute atomic E-state index is 0.117. The first-order valence-corrected chi connectivity index (χ1v) is 6.76. The van der Waals surface area contributed by atoms with Crippen molar-refractivity contribution in [1.29, 1.82) is 0 Å². The second-order valence-electron chi connectivity index (χ2n) is 4.15. The van der Waals surface area contributed by atoms with Crippen LogP contribution in [0.15, 0.2) is 29.1 Å². The van der Waals surface area contributed by atoms with Crippen LogP contribution in [0.3, 0.4) is 0 Å². The number of hydrogen-bond acceptors (Lipinski definition) is 2. The Balaban J connectivity index is 2.67. The fraction of sp³-hybridized carbons (Fsp3) is 0.357. The highest BCUT2D eigenvalue weighted by atomic mass is 32.1. The highest BCUT2D eigenvalue weighted by molar-refractivity contribution is 7.14. The fourth-order valence-corrected chi connectivity index (χ4v) is 3.12. The second-order valence-corrected chi connectivity index (χ2v) is 5.14. The summed E-state index contributed by atoms with van der Waals surface area (Å²) in [5, 5.41) is 0.830. The lowest BCUT2D eigenvalue weighted by Gasteiger charge is -2.02. The lowest BCUT2D eigenvalue weighted by Crippen LogP contribution is -2.11. The topological polar surface area (TPSA) is 22.0 Å². The lowest BCUT2D eigenvalue weighted by molar-refractivity contribution is 1.04. The number of fused-ring (bicyclic) bond motifs is 1. The molecule has 2 nitrogen and oxygen atoms in total. The van der Waals surface area contributed by atoms with Gasteiger partial charge in [-0.3, -0.25) is 4.79 Å². The summed E-state index contributed by atoms with van der Waals surface area (Å²) < 4.78 is 2.90. The van der Waals surface area contributed by atoms with Gasteiger partial charge in [-0.05, 0) is 37.5 Å². The van der Waals surface area contributed by atoms with Gasteiger partial charge in [0, 0.05) is 5.70 Å². The standard InChI is InChI=1S/C14H17NOS/c1-4-6-11(5-2)15-14(16)12-8-7-10(3)9-13(12)17-15/h6-9H,4-5H2,1-3H3/b11-6+. The van der Waals surface area contributed by atoms with Crippen molar-refractivity contribution >= 4 is 27.3 Å². The van der Waals surface area contributed by atoms with Crippen molar-refractivity contribution in [3.8, 4) is 0 Å². The van der Waals surface area contributed by atoms with Crippen molar-refractivity contribution in [2.45, 2.75) is 33.6 Å². The average Bonchev–Trinajstić information content (AvgIpc) is 2.63. The molecule has 0 bridgehead atoms. The van der Waals surface area contributed by atoms with E-state index < -0.39 is 0 Å². The highest BCUT2D eigenvalue weighted by Crippen LogP contribution is 2.22. The van der Waals surface area contributed by atoms with E-state index in [1.807, 2.05) is 16.1 Å². The minimum Gasteiger partial charge on any atom is -0.267 e. The van der Waals surface area contributed by atoms with E-state index in [1.54, 1.807) is 11.5 Å². The summed E-state index contributed by atoms with van der Waals surface area (Å²) in [6.07, 6.45) is 3.98. The zero-order valence-electron chi connectivity index (χ0n) is 10.5. The molecule has 17 heavy (non-hydrogen) atoms. The molecule has 3 heteroatoms. The first-order valence-electron chi connectivity index (χ1n) is 5.99. The molecule has 2 rings (SSSR count). The van der Waals surface area contributed by atoms with Crippen LogP contribution in [-0.4, -0.2) is 3.96 Å². The van der Waals surface area contributed by atoms with Crippen LogP contribution in [0.1, 0.15) is 32.3 Å². The third-order valence-corrected chi connectivity index (χ3v) is 3.92. The summed E-state index contributed by atoms with van der Waals surface area (Å²) in [4.78, 5) is 12.2. The van der Waals surface area contributed by atoms with Gasteiger partial charge in [0.25, 0.3) is 5.56 Å². The van der Waals surface area contributed by atoms with Gasteiger partial charge in [0.15, 0.2) is 0 Å². The van der Waals surface area contributed by atoms with E-state index in [-0.39, 0.29) is 5.56 Å². The van der Waals surface area contributed by atoms with Gasteiger partial charge in [-0.1, -0.05) is 37.5 Å². The Morgan fingerprint density at radius 1 is 1.41 bits per heavy atom. The van der Waals surface area contributed by atoms with Gasteiger partial charge in [-0.2, -0.15) is 0 Å². The second kappa shape index (κ2) is 4.88. The Bertz CT molecular complexity index is 619. The van der Waals surface area contributed by atoms with E-state index in [4.69, 9.17) is 0 Å². The average molecular weight is 247 g/mol. The Labute approximate surface area is 105 Å². The highest BCUT2D eigenvalue weighted by Gasteiger charge is 2.09. The maximum absolute atomic E-state index is 12.2.